The Balaban J connectivity index is 1.39. The first kappa shape index (κ1) is 17.2. The Morgan fingerprint density at radius 3 is 2.73 bits per heavy atom. The first-order chi connectivity index (χ1) is 12.7. The van der Waals surface area contributed by atoms with Crippen LogP contribution >= 0.6 is 0 Å². The van der Waals surface area contributed by atoms with E-state index in [2.05, 4.69) is 23.2 Å². The second-order valence-electron chi connectivity index (χ2n) is 7.62. The Morgan fingerprint density at radius 2 is 1.92 bits per heavy atom. The normalized spacial score (nSPS) is 19.4. The molecular formula is C22H26N2O2. The minimum absolute atomic E-state index is 0.0841. The van der Waals surface area contributed by atoms with E-state index in [0.29, 0.717) is 5.92 Å². The number of aliphatic hydroxyl groups is 1. The molecule has 1 fully saturated rings. The van der Waals surface area contributed by atoms with Crippen LogP contribution in [0.4, 0.5) is 0 Å². The smallest absolute Gasteiger partial charge is 0.255 e. The number of carbonyl (C=O) groups excluding carboxylic acids is 1. The van der Waals surface area contributed by atoms with E-state index >= 15 is 0 Å². The molecule has 0 radical (unpaired) electrons. The van der Waals surface area contributed by atoms with Crippen LogP contribution in [0.3, 0.4) is 0 Å². The molecule has 2 aliphatic rings. The van der Waals surface area contributed by atoms with E-state index in [1.165, 1.54) is 29.7 Å². The summed E-state index contributed by atoms with van der Waals surface area (Å²) >= 11 is 0. The Morgan fingerprint density at radius 1 is 1.15 bits per heavy atom. The van der Waals surface area contributed by atoms with Gasteiger partial charge in [0.15, 0.2) is 0 Å². The number of pyridine rings is 1. The molecule has 1 amide bonds. The van der Waals surface area contributed by atoms with Gasteiger partial charge in [0.05, 0.1) is 12.2 Å². The molecule has 1 N–H and O–H groups in total. The van der Waals surface area contributed by atoms with Crippen molar-refractivity contribution in [1.29, 1.82) is 0 Å². The number of carbonyl (C=O) groups is 1. The number of benzene rings is 1. The summed E-state index contributed by atoms with van der Waals surface area (Å²) in [5, 5.41) is 9.14. The third kappa shape index (κ3) is 3.65. The van der Waals surface area contributed by atoms with Crippen molar-refractivity contribution in [3.8, 4) is 0 Å². The highest BCUT2D eigenvalue weighted by Gasteiger charge is 2.27. The van der Waals surface area contributed by atoms with Gasteiger partial charge in [0.25, 0.3) is 5.91 Å². The maximum absolute atomic E-state index is 12.9. The number of hydrogen-bond acceptors (Lipinski definition) is 3. The van der Waals surface area contributed by atoms with E-state index in [1.807, 2.05) is 17.0 Å². The maximum Gasteiger partial charge on any atom is 0.255 e. The van der Waals surface area contributed by atoms with Crippen molar-refractivity contribution in [2.45, 2.75) is 45.1 Å². The number of aliphatic hydroxyl groups excluding tert-OH is 1. The van der Waals surface area contributed by atoms with Crippen LogP contribution in [0.5, 0.6) is 0 Å². The standard InChI is InChI=1S/C22H26N2O2/c25-15-17-7-5-16(6-8-17)11-18-9-10-24(14-18)22(26)20-12-19-3-1-2-4-21(19)23-13-20/h5-8,12-13,18,25H,1-4,9-11,14-15H2/t18-/m1/s1. The fourth-order valence-electron chi connectivity index (χ4n) is 4.19. The lowest BCUT2D eigenvalue weighted by Gasteiger charge is -2.19. The van der Waals surface area contributed by atoms with Gasteiger partial charge in [0.1, 0.15) is 0 Å². The van der Waals surface area contributed by atoms with Gasteiger partial charge in [0.2, 0.25) is 0 Å². The van der Waals surface area contributed by atoms with Gasteiger partial charge in [-0.3, -0.25) is 9.78 Å². The summed E-state index contributed by atoms with van der Waals surface area (Å²) in [6.45, 7) is 1.73. The van der Waals surface area contributed by atoms with Crippen molar-refractivity contribution < 1.29 is 9.90 Å². The molecule has 4 nitrogen and oxygen atoms in total. The van der Waals surface area contributed by atoms with Gasteiger partial charge in [-0.1, -0.05) is 24.3 Å². The highest BCUT2D eigenvalue weighted by Crippen LogP contribution is 2.25. The summed E-state index contributed by atoms with van der Waals surface area (Å²) in [7, 11) is 0. The lowest BCUT2D eigenvalue weighted by molar-refractivity contribution is 0.0786. The zero-order valence-corrected chi connectivity index (χ0v) is 15.2. The predicted octanol–water partition coefficient (Wildman–Crippen LogP) is 3.16. The van der Waals surface area contributed by atoms with Crippen molar-refractivity contribution in [1.82, 2.24) is 9.88 Å². The highest BCUT2D eigenvalue weighted by atomic mass is 16.3. The van der Waals surface area contributed by atoms with Gasteiger partial charge in [-0.25, -0.2) is 0 Å². The molecule has 26 heavy (non-hydrogen) atoms. The van der Waals surface area contributed by atoms with Gasteiger partial charge in [-0.15, -0.1) is 0 Å². The lowest BCUT2D eigenvalue weighted by atomic mass is 9.95. The van der Waals surface area contributed by atoms with Crippen molar-refractivity contribution >= 4 is 5.91 Å². The Hall–Kier alpha value is -2.20. The van der Waals surface area contributed by atoms with Crippen LogP contribution in [0, 0.1) is 5.92 Å². The van der Waals surface area contributed by atoms with Crippen molar-refractivity contribution in [2.75, 3.05) is 13.1 Å². The van der Waals surface area contributed by atoms with E-state index in [1.54, 1.807) is 6.20 Å². The van der Waals surface area contributed by atoms with E-state index < -0.39 is 0 Å². The van der Waals surface area contributed by atoms with Crippen LogP contribution < -0.4 is 0 Å². The van der Waals surface area contributed by atoms with E-state index in [9.17, 15) is 4.79 Å². The summed E-state index contributed by atoms with van der Waals surface area (Å²) < 4.78 is 0. The van der Waals surface area contributed by atoms with Crippen LogP contribution in [0.1, 0.15) is 52.0 Å². The summed E-state index contributed by atoms with van der Waals surface area (Å²) in [6.07, 6.45) is 8.31. The summed E-state index contributed by atoms with van der Waals surface area (Å²) in [5.74, 6) is 0.633. The topological polar surface area (TPSA) is 53.4 Å². The number of aryl methyl sites for hydroxylation is 2. The Bertz CT molecular complexity index is 785. The largest absolute Gasteiger partial charge is 0.392 e. The number of likely N-dealkylation sites (tertiary alicyclic amines) is 1. The molecule has 1 aliphatic heterocycles. The quantitative estimate of drug-likeness (QED) is 0.921. The van der Waals surface area contributed by atoms with E-state index in [0.717, 1.165) is 49.9 Å². The molecule has 1 atom stereocenters. The van der Waals surface area contributed by atoms with E-state index in [4.69, 9.17) is 5.11 Å². The van der Waals surface area contributed by atoms with Crippen molar-refractivity contribution in [2.24, 2.45) is 5.92 Å². The van der Waals surface area contributed by atoms with Gasteiger partial charge < -0.3 is 10.0 Å². The first-order valence-corrected chi connectivity index (χ1v) is 9.68. The Kier molecular flexibility index (Phi) is 5.02. The maximum atomic E-state index is 12.9. The summed E-state index contributed by atoms with van der Waals surface area (Å²) in [4.78, 5) is 19.4. The van der Waals surface area contributed by atoms with Crippen LogP contribution in [-0.2, 0) is 25.9 Å². The molecule has 0 spiro atoms. The zero-order valence-electron chi connectivity index (χ0n) is 15.2. The molecule has 136 valence electrons. The molecule has 0 saturated carbocycles. The first-order valence-electron chi connectivity index (χ1n) is 9.68. The zero-order chi connectivity index (χ0) is 17.9. The van der Waals surface area contributed by atoms with Gasteiger partial charge >= 0.3 is 0 Å². The van der Waals surface area contributed by atoms with Crippen LogP contribution in [0.2, 0.25) is 0 Å². The average Bonchev–Trinajstić information content (AvgIpc) is 3.16. The average molecular weight is 350 g/mol. The minimum Gasteiger partial charge on any atom is -0.392 e. The molecule has 1 aromatic carbocycles. The molecular weight excluding hydrogens is 324 g/mol. The molecule has 1 aromatic heterocycles. The number of amides is 1. The molecule has 4 heteroatoms. The summed E-state index contributed by atoms with van der Waals surface area (Å²) in [6, 6.07) is 10.2. The van der Waals surface area contributed by atoms with Crippen LogP contribution in [0.15, 0.2) is 36.5 Å². The predicted molar refractivity (Wildman–Crippen MR) is 101 cm³/mol. The summed E-state index contributed by atoms with van der Waals surface area (Å²) in [5.41, 5.74) is 5.41. The second-order valence-corrected chi connectivity index (χ2v) is 7.62. The molecule has 1 saturated heterocycles. The molecule has 1 aliphatic carbocycles. The number of aromatic nitrogens is 1. The minimum atomic E-state index is 0.0841. The SMILES string of the molecule is O=C(c1cnc2c(c1)CCCC2)N1CC[C@H](Cc2ccc(CO)cc2)C1. The number of hydrogen-bond donors (Lipinski definition) is 1. The second kappa shape index (κ2) is 7.58. The molecule has 2 aromatic rings. The van der Waals surface area contributed by atoms with Gasteiger partial charge in [-0.05, 0) is 67.2 Å². The number of fused-ring (bicyclic) bond motifs is 1. The molecule has 2 heterocycles. The van der Waals surface area contributed by atoms with Crippen molar-refractivity contribution in [3.63, 3.8) is 0 Å². The lowest BCUT2D eigenvalue weighted by Crippen LogP contribution is -2.29. The number of rotatable bonds is 4. The fourth-order valence-corrected chi connectivity index (χ4v) is 4.19. The molecule has 0 bridgehead atoms. The van der Waals surface area contributed by atoms with Crippen LogP contribution in [-0.4, -0.2) is 34.0 Å². The fraction of sp³-hybridized carbons (Fsp3) is 0.455. The molecule has 0 unspecified atom stereocenters. The van der Waals surface area contributed by atoms with Gasteiger partial charge in [0, 0.05) is 25.0 Å². The number of nitrogens with zero attached hydrogens (tertiary/aromatic N) is 2. The highest BCUT2D eigenvalue weighted by molar-refractivity contribution is 5.94. The van der Waals surface area contributed by atoms with Gasteiger partial charge in [-0.2, -0.15) is 0 Å². The Labute approximate surface area is 154 Å². The monoisotopic (exact) mass is 350 g/mol. The van der Waals surface area contributed by atoms with E-state index in [-0.39, 0.29) is 12.5 Å². The van der Waals surface area contributed by atoms with Crippen LogP contribution in [0.25, 0.3) is 0 Å². The van der Waals surface area contributed by atoms with Crippen molar-refractivity contribution in [3.05, 3.63) is 64.5 Å². The molecule has 4 rings (SSSR count). The third-order valence-electron chi connectivity index (χ3n) is 5.72. The third-order valence-corrected chi connectivity index (χ3v) is 5.72.